The van der Waals surface area contributed by atoms with Crippen molar-refractivity contribution < 1.29 is 10.2 Å². The zero-order valence-corrected chi connectivity index (χ0v) is 10.9. The molecule has 2 nitrogen and oxygen atoms in total. The minimum Gasteiger partial charge on any atom is -0.508 e. The molecule has 1 aliphatic rings. The van der Waals surface area contributed by atoms with Crippen molar-refractivity contribution in [3.05, 3.63) is 28.8 Å². The molecule has 2 atom stereocenters. The number of phenols is 1. The second kappa shape index (κ2) is 4.69. The van der Waals surface area contributed by atoms with E-state index in [9.17, 15) is 10.2 Å². The van der Waals surface area contributed by atoms with Gasteiger partial charge in [-0.15, -0.1) is 0 Å². The van der Waals surface area contributed by atoms with Gasteiger partial charge in [0.05, 0.1) is 6.61 Å². The number of hydrogen-bond donors (Lipinski definition) is 2. The van der Waals surface area contributed by atoms with E-state index < -0.39 is 0 Å². The summed E-state index contributed by atoms with van der Waals surface area (Å²) in [6, 6.07) is 3.79. The average Bonchev–Trinajstić information content (AvgIpc) is 2.28. The van der Waals surface area contributed by atoms with Crippen molar-refractivity contribution in [1.29, 1.82) is 0 Å². The highest BCUT2D eigenvalue weighted by Crippen LogP contribution is 2.46. The highest BCUT2D eigenvalue weighted by Gasteiger charge is 2.29. The smallest absolute Gasteiger partial charge is 0.119 e. The van der Waals surface area contributed by atoms with Crippen LogP contribution in [0.5, 0.6) is 5.75 Å². The fraction of sp³-hybridized carbons (Fsp3) is 0.600. The quantitative estimate of drug-likeness (QED) is 0.822. The molecule has 0 radical (unpaired) electrons. The maximum absolute atomic E-state index is 10.1. The summed E-state index contributed by atoms with van der Waals surface area (Å²) in [5.41, 5.74) is 3.18. The number of aliphatic hydroxyl groups is 1. The summed E-state index contributed by atoms with van der Waals surface area (Å²) in [7, 11) is 0. The zero-order chi connectivity index (χ0) is 12.6. The van der Waals surface area contributed by atoms with E-state index in [2.05, 4.69) is 26.8 Å². The summed E-state index contributed by atoms with van der Waals surface area (Å²) in [4.78, 5) is 0. The molecule has 17 heavy (non-hydrogen) atoms. The summed E-state index contributed by atoms with van der Waals surface area (Å²) in [5, 5.41) is 19.4. The van der Waals surface area contributed by atoms with Crippen molar-refractivity contribution in [2.75, 3.05) is 0 Å². The molecule has 1 aromatic rings. The van der Waals surface area contributed by atoms with Crippen molar-refractivity contribution in [2.45, 2.75) is 52.1 Å². The second-order valence-corrected chi connectivity index (χ2v) is 5.60. The van der Waals surface area contributed by atoms with Crippen LogP contribution in [0.3, 0.4) is 0 Å². The summed E-state index contributed by atoms with van der Waals surface area (Å²) in [6.07, 6.45) is 2.32. The van der Waals surface area contributed by atoms with Gasteiger partial charge in [0, 0.05) is 5.56 Å². The molecule has 0 saturated heterocycles. The average molecular weight is 234 g/mol. The van der Waals surface area contributed by atoms with Gasteiger partial charge >= 0.3 is 0 Å². The Hall–Kier alpha value is -1.02. The fourth-order valence-corrected chi connectivity index (χ4v) is 3.08. The van der Waals surface area contributed by atoms with Gasteiger partial charge in [0.15, 0.2) is 0 Å². The van der Waals surface area contributed by atoms with E-state index in [-0.39, 0.29) is 6.61 Å². The number of benzene rings is 1. The van der Waals surface area contributed by atoms with Crippen molar-refractivity contribution in [1.82, 2.24) is 0 Å². The minimum atomic E-state index is 0.0000359. The number of aromatic hydroxyl groups is 1. The molecule has 1 aliphatic carbocycles. The molecule has 2 unspecified atom stereocenters. The van der Waals surface area contributed by atoms with E-state index in [0.717, 1.165) is 17.5 Å². The first kappa shape index (κ1) is 12.4. The van der Waals surface area contributed by atoms with Crippen LogP contribution < -0.4 is 0 Å². The fourth-order valence-electron chi connectivity index (χ4n) is 3.08. The maximum atomic E-state index is 10.1. The van der Waals surface area contributed by atoms with Crippen LogP contribution in [-0.4, -0.2) is 10.2 Å². The Morgan fingerprint density at radius 1 is 1.29 bits per heavy atom. The lowest BCUT2D eigenvalue weighted by molar-refractivity contribution is 0.280. The predicted molar refractivity (Wildman–Crippen MR) is 69.3 cm³/mol. The Labute approximate surface area is 103 Å². The Balaban J connectivity index is 2.55. The maximum Gasteiger partial charge on any atom is 0.119 e. The van der Waals surface area contributed by atoms with E-state index in [1.165, 1.54) is 12.0 Å². The number of fused-ring (bicyclic) bond motifs is 1. The molecule has 0 heterocycles. The molecule has 2 rings (SSSR count). The van der Waals surface area contributed by atoms with Gasteiger partial charge in [-0.1, -0.05) is 26.8 Å². The van der Waals surface area contributed by atoms with E-state index in [1.54, 1.807) is 6.07 Å². The van der Waals surface area contributed by atoms with Gasteiger partial charge < -0.3 is 10.2 Å². The van der Waals surface area contributed by atoms with E-state index in [1.807, 2.05) is 0 Å². The monoisotopic (exact) mass is 234 g/mol. The van der Waals surface area contributed by atoms with Crippen molar-refractivity contribution >= 4 is 0 Å². The van der Waals surface area contributed by atoms with E-state index in [4.69, 9.17) is 0 Å². The lowest BCUT2D eigenvalue weighted by Crippen LogP contribution is -2.17. The molecule has 0 aliphatic heterocycles. The minimum absolute atomic E-state index is 0.0000359. The van der Waals surface area contributed by atoms with Crippen molar-refractivity contribution in [3.8, 4) is 5.75 Å². The molecule has 2 heteroatoms. The highest BCUT2D eigenvalue weighted by molar-refractivity contribution is 5.48. The van der Waals surface area contributed by atoms with E-state index in [0.29, 0.717) is 23.5 Å². The summed E-state index contributed by atoms with van der Waals surface area (Å²) < 4.78 is 0. The highest BCUT2D eigenvalue weighted by atomic mass is 16.3. The SMILES string of the molecule is CC1CCC(C(C)C)c2cc(CO)cc(O)c21. The Bertz CT molecular complexity index is 410. The van der Waals surface area contributed by atoms with E-state index >= 15 is 0 Å². The van der Waals surface area contributed by atoms with Crippen LogP contribution in [0, 0.1) is 5.92 Å². The van der Waals surface area contributed by atoms with Gasteiger partial charge in [0.2, 0.25) is 0 Å². The van der Waals surface area contributed by atoms with Crippen LogP contribution in [0.25, 0.3) is 0 Å². The van der Waals surface area contributed by atoms with Crippen molar-refractivity contribution in [3.63, 3.8) is 0 Å². The zero-order valence-electron chi connectivity index (χ0n) is 10.9. The molecule has 0 spiro atoms. The van der Waals surface area contributed by atoms with Crippen LogP contribution in [0.2, 0.25) is 0 Å². The number of phenolic OH excluding ortho intramolecular Hbond substituents is 1. The van der Waals surface area contributed by atoms with Gasteiger partial charge in [-0.3, -0.25) is 0 Å². The first-order chi connectivity index (χ1) is 8.04. The predicted octanol–water partition coefficient (Wildman–Crippen LogP) is 3.52. The molecule has 0 saturated carbocycles. The third kappa shape index (κ3) is 2.19. The van der Waals surface area contributed by atoms with Gasteiger partial charge in [-0.2, -0.15) is 0 Å². The van der Waals surface area contributed by atoms with Crippen LogP contribution in [0.15, 0.2) is 12.1 Å². The van der Waals surface area contributed by atoms with Crippen LogP contribution >= 0.6 is 0 Å². The molecular formula is C15H22O2. The Morgan fingerprint density at radius 3 is 2.59 bits per heavy atom. The molecular weight excluding hydrogens is 212 g/mol. The summed E-state index contributed by atoms with van der Waals surface area (Å²) in [5.74, 6) is 1.88. The van der Waals surface area contributed by atoms with Gasteiger partial charge in [-0.05, 0) is 47.8 Å². The number of rotatable bonds is 2. The lowest BCUT2D eigenvalue weighted by atomic mass is 9.72. The third-order valence-electron chi connectivity index (χ3n) is 4.04. The number of aliphatic hydroxyl groups excluding tert-OH is 1. The molecule has 1 aromatic carbocycles. The summed E-state index contributed by atoms with van der Waals surface area (Å²) >= 11 is 0. The first-order valence-corrected chi connectivity index (χ1v) is 6.51. The molecule has 0 aromatic heterocycles. The van der Waals surface area contributed by atoms with Crippen LogP contribution in [-0.2, 0) is 6.61 Å². The van der Waals surface area contributed by atoms with Gasteiger partial charge in [0.1, 0.15) is 5.75 Å². The second-order valence-electron chi connectivity index (χ2n) is 5.60. The topological polar surface area (TPSA) is 40.5 Å². The van der Waals surface area contributed by atoms with Crippen LogP contribution in [0.4, 0.5) is 0 Å². The number of hydrogen-bond acceptors (Lipinski definition) is 2. The Morgan fingerprint density at radius 2 is 2.00 bits per heavy atom. The molecule has 94 valence electrons. The standard InChI is InChI=1S/C15H22O2/c1-9(2)12-5-4-10(3)15-13(12)6-11(8-16)7-14(15)17/h6-7,9-10,12,16-17H,4-5,8H2,1-3H3. The molecule has 2 N–H and O–H groups in total. The van der Waals surface area contributed by atoms with Crippen molar-refractivity contribution in [2.24, 2.45) is 5.92 Å². The molecule has 0 bridgehead atoms. The molecule has 0 amide bonds. The third-order valence-corrected chi connectivity index (χ3v) is 4.04. The molecule has 0 fully saturated rings. The first-order valence-electron chi connectivity index (χ1n) is 6.51. The normalized spacial score (nSPS) is 23.8. The largest absolute Gasteiger partial charge is 0.508 e. The lowest BCUT2D eigenvalue weighted by Gasteiger charge is -2.33. The van der Waals surface area contributed by atoms with Gasteiger partial charge in [0.25, 0.3) is 0 Å². The summed E-state index contributed by atoms with van der Waals surface area (Å²) in [6.45, 7) is 6.63. The Kier molecular flexibility index (Phi) is 3.43. The van der Waals surface area contributed by atoms with Crippen LogP contribution in [0.1, 0.15) is 62.1 Å². The van der Waals surface area contributed by atoms with Gasteiger partial charge in [-0.25, -0.2) is 0 Å².